The van der Waals surface area contributed by atoms with E-state index in [2.05, 4.69) is 17.6 Å². The van der Waals surface area contributed by atoms with E-state index in [1.54, 1.807) is 0 Å². The van der Waals surface area contributed by atoms with E-state index in [0.717, 1.165) is 11.3 Å². The van der Waals surface area contributed by atoms with E-state index in [4.69, 9.17) is 0 Å². The fourth-order valence-corrected chi connectivity index (χ4v) is 3.15. The molecular weight excluding hydrogens is 224 g/mol. The Kier molecular flexibility index (Phi) is 3.08. The van der Waals surface area contributed by atoms with Gasteiger partial charge in [-0.1, -0.05) is 38.0 Å². The van der Waals surface area contributed by atoms with Gasteiger partial charge in [-0.05, 0) is 24.8 Å². The molecule has 0 saturated heterocycles. The first-order valence-corrected chi connectivity index (χ1v) is 6.91. The molecule has 1 heterocycles. The fourth-order valence-electron chi connectivity index (χ4n) is 3.15. The van der Waals surface area contributed by atoms with Crippen molar-refractivity contribution in [3.8, 4) is 0 Å². The second kappa shape index (κ2) is 4.73. The van der Waals surface area contributed by atoms with Crippen LogP contribution in [-0.4, -0.2) is 11.9 Å². The molecule has 96 valence electrons. The molecule has 3 nitrogen and oxygen atoms in total. The molecule has 18 heavy (non-hydrogen) atoms. The van der Waals surface area contributed by atoms with Crippen LogP contribution in [0.5, 0.6) is 0 Å². The van der Waals surface area contributed by atoms with E-state index < -0.39 is 0 Å². The van der Waals surface area contributed by atoms with Crippen LogP contribution in [0, 0.1) is 5.92 Å². The Morgan fingerprint density at radius 1 is 1.22 bits per heavy atom. The maximum atomic E-state index is 12.0. The fraction of sp³-hybridized carbons (Fsp3) is 0.533. The lowest BCUT2D eigenvalue weighted by atomic mass is 9.85. The highest BCUT2D eigenvalue weighted by Gasteiger charge is 2.33. The molecule has 3 rings (SSSR count). The monoisotopic (exact) mass is 244 g/mol. The van der Waals surface area contributed by atoms with Gasteiger partial charge in [0.15, 0.2) is 0 Å². The zero-order valence-corrected chi connectivity index (χ0v) is 10.8. The molecule has 1 fully saturated rings. The first kappa shape index (κ1) is 11.7. The van der Waals surface area contributed by atoms with Gasteiger partial charge in [0.1, 0.15) is 6.04 Å². The Labute approximate surface area is 108 Å². The van der Waals surface area contributed by atoms with Crippen LogP contribution in [0.25, 0.3) is 0 Å². The number of carbonyl (C=O) groups is 1. The molecule has 0 aromatic heterocycles. The molecule has 3 heteroatoms. The quantitative estimate of drug-likeness (QED) is 0.840. The summed E-state index contributed by atoms with van der Waals surface area (Å²) in [7, 11) is 0. The van der Waals surface area contributed by atoms with Crippen LogP contribution in [0.4, 0.5) is 5.69 Å². The number of hydrogen-bond donors (Lipinski definition) is 2. The topological polar surface area (TPSA) is 41.1 Å². The van der Waals surface area contributed by atoms with Crippen molar-refractivity contribution in [2.45, 2.75) is 44.7 Å². The number of nitrogens with one attached hydrogen (secondary N) is 2. The molecule has 1 aliphatic heterocycles. The van der Waals surface area contributed by atoms with Crippen molar-refractivity contribution in [2.24, 2.45) is 5.92 Å². The largest absolute Gasteiger partial charge is 0.324 e. The van der Waals surface area contributed by atoms with Crippen molar-refractivity contribution in [1.82, 2.24) is 5.32 Å². The van der Waals surface area contributed by atoms with E-state index in [1.165, 1.54) is 25.7 Å². The van der Waals surface area contributed by atoms with Gasteiger partial charge in [-0.2, -0.15) is 0 Å². The minimum Gasteiger partial charge on any atom is -0.324 e. The van der Waals surface area contributed by atoms with Gasteiger partial charge in [0, 0.05) is 17.3 Å². The summed E-state index contributed by atoms with van der Waals surface area (Å²) in [5.74, 6) is 0.758. The molecule has 0 bridgehead atoms. The van der Waals surface area contributed by atoms with Crippen molar-refractivity contribution < 1.29 is 4.79 Å². The van der Waals surface area contributed by atoms with Crippen molar-refractivity contribution in [1.29, 1.82) is 0 Å². The maximum absolute atomic E-state index is 12.0. The third-order valence-corrected chi connectivity index (χ3v) is 4.28. The number of para-hydroxylation sites is 1. The summed E-state index contributed by atoms with van der Waals surface area (Å²) in [6.07, 6.45) is 5.06. The van der Waals surface area contributed by atoms with Crippen LogP contribution in [0.15, 0.2) is 24.3 Å². The molecule has 0 radical (unpaired) electrons. The lowest BCUT2D eigenvalue weighted by Crippen LogP contribution is -2.41. The number of amides is 1. The Balaban J connectivity index is 1.78. The molecule has 3 atom stereocenters. The van der Waals surface area contributed by atoms with Crippen molar-refractivity contribution in [3.05, 3.63) is 29.8 Å². The van der Waals surface area contributed by atoms with Gasteiger partial charge in [-0.3, -0.25) is 10.1 Å². The van der Waals surface area contributed by atoms with E-state index in [9.17, 15) is 4.79 Å². The summed E-state index contributed by atoms with van der Waals surface area (Å²) < 4.78 is 0. The number of rotatable bonds is 2. The van der Waals surface area contributed by atoms with E-state index in [-0.39, 0.29) is 11.9 Å². The predicted octanol–water partition coefficient (Wildman–Crippen LogP) is 2.85. The maximum Gasteiger partial charge on any atom is 0.246 e. The Bertz CT molecular complexity index is 458. The van der Waals surface area contributed by atoms with Crippen LogP contribution < -0.4 is 10.6 Å². The minimum atomic E-state index is -0.160. The predicted molar refractivity (Wildman–Crippen MR) is 72.4 cm³/mol. The molecule has 3 unspecified atom stereocenters. The molecule has 2 N–H and O–H groups in total. The van der Waals surface area contributed by atoms with E-state index in [0.29, 0.717) is 12.0 Å². The summed E-state index contributed by atoms with van der Waals surface area (Å²) in [4.78, 5) is 12.0. The number of carbonyl (C=O) groups excluding carboxylic acids is 1. The second-order valence-corrected chi connectivity index (χ2v) is 5.54. The lowest BCUT2D eigenvalue weighted by Gasteiger charge is -2.31. The third kappa shape index (κ3) is 2.03. The van der Waals surface area contributed by atoms with Gasteiger partial charge in [0.25, 0.3) is 0 Å². The van der Waals surface area contributed by atoms with Crippen molar-refractivity contribution in [2.75, 3.05) is 5.32 Å². The Hall–Kier alpha value is -1.35. The molecule has 0 spiro atoms. The molecule has 1 aliphatic carbocycles. The lowest BCUT2D eigenvalue weighted by molar-refractivity contribution is -0.118. The van der Waals surface area contributed by atoms with Gasteiger partial charge >= 0.3 is 0 Å². The molecule has 1 amide bonds. The van der Waals surface area contributed by atoms with Crippen LogP contribution in [0.2, 0.25) is 0 Å². The van der Waals surface area contributed by atoms with Crippen LogP contribution in [0.1, 0.15) is 44.2 Å². The number of benzene rings is 1. The second-order valence-electron chi connectivity index (χ2n) is 5.54. The smallest absolute Gasteiger partial charge is 0.246 e. The molecule has 1 saturated carbocycles. The average molecular weight is 244 g/mol. The first-order chi connectivity index (χ1) is 8.75. The molecule has 1 aromatic carbocycles. The van der Waals surface area contributed by atoms with Gasteiger partial charge < -0.3 is 5.32 Å². The first-order valence-electron chi connectivity index (χ1n) is 6.91. The summed E-state index contributed by atoms with van der Waals surface area (Å²) in [6.45, 7) is 2.29. The Morgan fingerprint density at radius 2 is 2.00 bits per heavy atom. The Morgan fingerprint density at radius 3 is 2.83 bits per heavy atom. The highest BCUT2D eigenvalue weighted by atomic mass is 16.2. The van der Waals surface area contributed by atoms with Gasteiger partial charge in [-0.15, -0.1) is 0 Å². The molecule has 2 aliphatic rings. The standard InChI is InChI=1S/C15H20N2O/c1-10-6-2-4-8-12(10)16-14-11-7-3-5-9-13(11)17-15(14)18/h3,5,7,9-10,12,14,16H,2,4,6,8H2,1H3,(H,17,18). The zero-order valence-electron chi connectivity index (χ0n) is 10.8. The van der Waals surface area contributed by atoms with Gasteiger partial charge in [0.05, 0.1) is 0 Å². The van der Waals surface area contributed by atoms with Crippen molar-refractivity contribution >= 4 is 11.6 Å². The van der Waals surface area contributed by atoms with Gasteiger partial charge in [0.2, 0.25) is 5.91 Å². The number of fused-ring (bicyclic) bond motifs is 1. The third-order valence-electron chi connectivity index (χ3n) is 4.28. The van der Waals surface area contributed by atoms with Crippen LogP contribution in [-0.2, 0) is 4.79 Å². The van der Waals surface area contributed by atoms with Crippen molar-refractivity contribution in [3.63, 3.8) is 0 Å². The minimum absolute atomic E-state index is 0.0916. The SMILES string of the molecule is CC1CCCCC1NC1C(=O)Nc2ccccc21. The summed E-state index contributed by atoms with van der Waals surface area (Å²) in [5.41, 5.74) is 2.06. The molecular formula is C15H20N2O. The van der Waals surface area contributed by atoms with E-state index >= 15 is 0 Å². The summed E-state index contributed by atoms with van der Waals surface area (Å²) >= 11 is 0. The number of hydrogen-bond acceptors (Lipinski definition) is 2. The van der Waals surface area contributed by atoms with E-state index in [1.807, 2.05) is 24.3 Å². The van der Waals surface area contributed by atoms with Gasteiger partial charge in [-0.25, -0.2) is 0 Å². The van der Waals surface area contributed by atoms with Crippen LogP contribution >= 0.6 is 0 Å². The summed E-state index contributed by atoms with van der Waals surface area (Å²) in [5, 5.41) is 6.51. The number of anilines is 1. The zero-order chi connectivity index (χ0) is 12.5. The highest BCUT2D eigenvalue weighted by Crippen LogP contribution is 2.33. The van der Waals surface area contributed by atoms with Crippen LogP contribution in [0.3, 0.4) is 0 Å². The highest BCUT2D eigenvalue weighted by molar-refractivity contribution is 6.02. The molecule has 1 aromatic rings. The normalized spacial score (nSPS) is 30.9. The average Bonchev–Trinajstić information content (AvgIpc) is 2.69. The summed E-state index contributed by atoms with van der Waals surface area (Å²) in [6, 6.07) is 8.29.